The van der Waals surface area contributed by atoms with Crippen LogP contribution in [0.4, 0.5) is 4.79 Å². The number of benzene rings is 6. The first-order valence-electron chi connectivity index (χ1n) is 32.2. The number of azide groups is 1. The van der Waals surface area contributed by atoms with Crippen LogP contribution in [0.1, 0.15) is 71.8 Å². The molecule has 8 unspecified atom stereocenters. The lowest BCUT2D eigenvalue weighted by molar-refractivity contribution is -0.373. The second-order valence-corrected chi connectivity index (χ2v) is 23.7. The van der Waals surface area contributed by atoms with Gasteiger partial charge in [-0.2, -0.15) is 0 Å². The van der Waals surface area contributed by atoms with E-state index in [1.54, 1.807) is 37.3 Å². The fraction of sp³-hybridized carbons (Fsp3) is 0.444. The van der Waals surface area contributed by atoms with Crippen molar-refractivity contribution < 1.29 is 95.0 Å². The first kappa shape index (κ1) is 69.2. The highest BCUT2D eigenvalue weighted by Crippen LogP contribution is 2.41. The minimum Gasteiger partial charge on any atom is -0.467 e. The summed E-state index contributed by atoms with van der Waals surface area (Å²) in [6, 6.07) is 52.9. The highest BCUT2D eigenvalue weighted by molar-refractivity contribution is 5.89. The van der Waals surface area contributed by atoms with Gasteiger partial charge in [0.1, 0.15) is 60.9 Å². The molecule has 5 saturated heterocycles. The minimum absolute atomic E-state index is 0.0185. The maximum atomic E-state index is 14.7. The molecule has 5 fully saturated rings. The van der Waals surface area contributed by atoms with Gasteiger partial charge in [0.25, 0.3) is 0 Å². The van der Waals surface area contributed by atoms with Crippen LogP contribution in [-0.2, 0) is 118 Å². The van der Waals surface area contributed by atoms with Crippen molar-refractivity contribution in [2.75, 3.05) is 14.2 Å². The van der Waals surface area contributed by atoms with Gasteiger partial charge in [0.05, 0.1) is 71.1 Å². The van der Waals surface area contributed by atoms with Gasteiger partial charge in [-0.05, 0) is 65.2 Å². The highest BCUT2D eigenvalue weighted by Gasteiger charge is 2.61. The summed E-state index contributed by atoms with van der Waals surface area (Å²) in [5.41, 5.74) is 14.6. The number of alkyl carbamates (subject to hydrolysis) is 1. The van der Waals surface area contributed by atoms with Crippen LogP contribution in [0, 0.1) is 0 Å². The van der Waals surface area contributed by atoms with Crippen molar-refractivity contribution in [1.82, 2.24) is 5.32 Å². The number of ether oxygens (including phenoxy) is 16. The zero-order chi connectivity index (χ0) is 66.9. The Morgan fingerprint density at radius 2 is 0.865 bits per heavy atom. The van der Waals surface area contributed by atoms with Gasteiger partial charge >= 0.3 is 24.0 Å². The number of nitrogens with one attached hydrogen (secondary N) is 1. The molecule has 1 N–H and O–H groups in total. The van der Waals surface area contributed by atoms with Gasteiger partial charge < -0.3 is 81.1 Å². The summed E-state index contributed by atoms with van der Waals surface area (Å²) in [5.74, 6) is -2.43. The second kappa shape index (κ2) is 33.7. The molecule has 0 saturated carbocycles. The molecule has 5 heterocycles. The fourth-order valence-corrected chi connectivity index (χ4v) is 12.6. The van der Waals surface area contributed by atoms with E-state index in [9.17, 15) is 24.7 Å². The van der Waals surface area contributed by atoms with E-state index in [2.05, 4.69) is 15.3 Å². The molecule has 96 heavy (non-hydrogen) atoms. The van der Waals surface area contributed by atoms with E-state index in [1.165, 1.54) is 14.2 Å². The molecule has 20 atom stereocenters. The Morgan fingerprint density at radius 1 is 0.469 bits per heavy atom. The summed E-state index contributed by atoms with van der Waals surface area (Å²) in [5, 5.41) is 7.14. The van der Waals surface area contributed by atoms with E-state index in [-0.39, 0.29) is 45.0 Å². The first-order chi connectivity index (χ1) is 46.9. The summed E-state index contributed by atoms with van der Waals surface area (Å²) in [7, 11) is 2.39. The van der Waals surface area contributed by atoms with Crippen LogP contribution in [0.5, 0.6) is 0 Å². The van der Waals surface area contributed by atoms with Gasteiger partial charge in [-0.3, -0.25) is 0 Å². The molecule has 6 aromatic carbocycles. The van der Waals surface area contributed by atoms with E-state index >= 15 is 0 Å². The maximum absolute atomic E-state index is 14.7. The maximum Gasteiger partial charge on any atom is 0.408 e. The van der Waals surface area contributed by atoms with Crippen LogP contribution in [0.2, 0.25) is 0 Å². The average molecular weight is 1320 g/mol. The zero-order valence-electron chi connectivity index (χ0n) is 53.8. The van der Waals surface area contributed by atoms with Crippen LogP contribution in [-0.4, -0.2) is 161 Å². The molecule has 0 bridgehead atoms. The van der Waals surface area contributed by atoms with E-state index in [0.717, 1.165) is 27.8 Å². The van der Waals surface area contributed by atoms with Crippen molar-refractivity contribution in [3.63, 3.8) is 0 Å². The number of esters is 3. The van der Waals surface area contributed by atoms with Gasteiger partial charge in [-0.1, -0.05) is 189 Å². The third kappa shape index (κ3) is 16.8. The first-order valence-corrected chi connectivity index (χ1v) is 32.2. The molecular formula is C72H80N4O20. The molecule has 1 amide bonds. The van der Waals surface area contributed by atoms with Crippen molar-refractivity contribution in [3.05, 3.63) is 226 Å². The molecule has 0 spiro atoms. The number of amides is 1. The van der Waals surface area contributed by atoms with E-state index in [4.69, 9.17) is 75.8 Å². The molecule has 24 heteroatoms. The number of nitrogens with zero attached hydrogens (tertiary/aromatic N) is 3. The van der Waals surface area contributed by atoms with Crippen LogP contribution < -0.4 is 5.32 Å². The molecule has 11 rings (SSSR count). The third-order valence-corrected chi connectivity index (χ3v) is 17.5. The number of carbonyl (C=O) groups excluding carboxylic acids is 4. The van der Waals surface area contributed by atoms with Gasteiger partial charge in [-0.25, -0.2) is 19.2 Å². The summed E-state index contributed by atoms with van der Waals surface area (Å²) < 4.78 is 105. The number of rotatable bonds is 28. The SMILES string of the molecule is CCC1O[C@@H](O[C@H]2C(C(=O)OC)O[C@H](C)C(OC(=O)c3ccccc3)[C@H]2OCc2ccccc2)C2NC(=O)O[C@H]2[C@@H]1O[C@@H]1OC(C(=O)OC)[C@@H](O[C@H]2OC(CC)[C@@H](OCc3ccccc3)[C@@H](OCc3ccccc3)C2N=[N+]=[N-])[C@@H](OCc2ccccc2)C1OCc1ccccc1. The molecule has 508 valence electrons. The van der Waals surface area contributed by atoms with Crippen LogP contribution in [0.3, 0.4) is 0 Å². The predicted molar refractivity (Wildman–Crippen MR) is 340 cm³/mol. The van der Waals surface area contributed by atoms with Crippen LogP contribution in [0.25, 0.3) is 10.4 Å². The van der Waals surface area contributed by atoms with E-state index < -0.39 is 147 Å². The highest BCUT2D eigenvalue weighted by atomic mass is 16.8. The quantitative estimate of drug-likeness (QED) is 0.0157. The van der Waals surface area contributed by atoms with E-state index in [1.807, 2.05) is 166 Å². The summed E-state index contributed by atoms with van der Waals surface area (Å²) in [6.45, 7) is 5.50. The van der Waals surface area contributed by atoms with Crippen LogP contribution >= 0.6 is 0 Å². The minimum atomic E-state index is -1.70. The Hall–Kier alpha value is -8.17. The summed E-state index contributed by atoms with van der Waals surface area (Å²) in [4.78, 5) is 59.8. The number of hydrogen-bond acceptors (Lipinski definition) is 21. The van der Waals surface area contributed by atoms with Crippen molar-refractivity contribution in [2.45, 2.75) is 189 Å². The monoisotopic (exact) mass is 1320 g/mol. The normalized spacial score (nSPS) is 30.9. The standard InChI is InChI=1S/C72H80N4O20/c1-6-50-55(83-38-44-26-14-8-15-27-44)57(84-39-45-28-16-9-17-29-45)53(75-76-73)70(89-50)94-62-60(86-41-47-32-20-11-21-33-47)65(87-42-48-34-22-12-23-35-48)71(95-64(62)68(79)82-5)92-56-51(7-2)90-69(52-58(56)96-72(80)74-52)93-61-59(85-40-46-30-18-10-19-31-46)54(43(3)88-63(61)67(78)81-4)91-66(77)49-36-24-13-25-37-49/h8-37,43,50-65,69-71H,6-7,38-42H2,1-5H3,(H,74,80)/t43-,50?,51?,52?,53?,54?,55-,56-,57+,58-,59-,60-,61-,62+,63?,64?,65?,69+,70-,71-/m1/s1. The smallest absolute Gasteiger partial charge is 0.408 e. The zero-order valence-corrected chi connectivity index (χ0v) is 53.8. The number of fused-ring (bicyclic) bond motifs is 1. The number of hydrogen-bond donors (Lipinski definition) is 1. The molecular weight excluding hydrogens is 1240 g/mol. The molecule has 5 aliphatic heterocycles. The summed E-state index contributed by atoms with van der Waals surface area (Å²) in [6.07, 6.45) is -23.0. The largest absolute Gasteiger partial charge is 0.467 e. The Balaban J connectivity index is 0.939. The third-order valence-electron chi connectivity index (χ3n) is 17.5. The number of carbonyl (C=O) groups is 4. The van der Waals surface area contributed by atoms with Crippen LogP contribution in [0.15, 0.2) is 187 Å². The van der Waals surface area contributed by atoms with E-state index in [0.29, 0.717) is 6.42 Å². The lowest BCUT2D eigenvalue weighted by Gasteiger charge is -2.50. The second-order valence-electron chi connectivity index (χ2n) is 23.7. The van der Waals surface area contributed by atoms with Gasteiger partial charge in [0.2, 0.25) is 0 Å². The lowest BCUT2D eigenvalue weighted by atomic mass is 9.92. The topological polar surface area (TPSA) is 277 Å². The van der Waals surface area contributed by atoms with Gasteiger partial charge in [0, 0.05) is 4.91 Å². The number of methoxy groups -OCH3 is 2. The Labute approximate surface area is 556 Å². The fourth-order valence-electron chi connectivity index (χ4n) is 12.6. The van der Waals surface area contributed by atoms with Gasteiger partial charge in [-0.15, -0.1) is 0 Å². The van der Waals surface area contributed by atoms with Crippen molar-refractivity contribution in [3.8, 4) is 0 Å². The Morgan fingerprint density at radius 3 is 1.33 bits per heavy atom. The molecule has 0 aliphatic carbocycles. The lowest BCUT2D eigenvalue weighted by Crippen LogP contribution is -2.68. The van der Waals surface area contributed by atoms with Gasteiger partial charge in [0.15, 0.2) is 43.3 Å². The Bertz CT molecular complexity index is 3480. The molecule has 0 aromatic heterocycles. The van der Waals surface area contributed by atoms with Crippen molar-refractivity contribution >= 4 is 24.0 Å². The molecule has 24 nitrogen and oxygen atoms in total. The molecule has 5 aliphatic rings. The molecule has 0 radical (unpaired) electrons. The Kier molecular flexibility index (Phi) is 24.3. The predicted octanol–water partition coefficient (Wildman–Crippen LogP) is 9.58. The average Bonchev–Trinajstić information content (AvgIpc) is 1.53. The van der Waals surface area contributed by atoms with Crippen molar-refractivity contribution in [1.29, 1.82) is 0 Å². The van der Waals surface area contributed by atoms with Crippen molar-refractivity contribution in [2.24, 2.45) is 5.11 Å². The molecule has 6 aromatic rings. The summed E-state index contributed by atoms with van der Waals surface area (Å²) >= 11 is 0.